The van der Waals surface area contributed by atoms with Crippen LogP contribution in [0.15, 0.2) is 0 Å². The van der Waals surface area contributed by atoms with E-state index < -0.39 is 0 Å². The highest BCUT2D eigenvalue weighted by Gasteiger charge is 2.23. The SMILES string of the molecule is CC(CC(N)=S)N(C)C1CCCC1. The maximum Gasteiger partial charge on any atom is 0.0742 e. The van der Waals surface area contributed by atoms with Crippen LogP contribution in [0.3, 0.4) is 0 Å². The minimum Gasteiger partial charge on any atom is -0.393 e. The maximum atomic E-state index is 5.53. The van der Waals surface area contributed by atoms with Crippen LogP contribution in [0, 0.1) is 0 Å². The molecule has 76 valence electrons. The van der Waals surface area contributed by atoms with E-state index >= 15 is 0 Å². The van der Waals surface area contributed by atoms with Gasteiger partial charge in [-0.05, 0) is 26.8 Å². The van der Waals surface area contributed by atoms with Crippen molar-refractivity contribution < 1.29 is 0 Å². The Bertz CT molecular complexity index is 176. The van der Waals surface area contributed by atoms with Gasteiger partial charge in [-0.3, -0.25) is 0 Å². The summed E-state index contributed by atoms with van der Waals surface area (Å²) in [6.07, 6.45) is 6.31. The van der Waals surface area contributed by atoms with Crippen LogP contribution in [-0.4, -0.2) is 29.0 Å². The molecule has 13 heavy (non-hydrogen) atoms. The van der Waals surface area contributed by atoms with Crippen LogP contribution in [0.25, 0.3) is 0 Å². The molecular formula is C10H20N2S. The van der Waals surface area contributed by atoms with Crippen molar-refractivity contribution in [1.29, 1.82) is 0 Å². The molecule has 0 aromatic carbocycles. The second-order valence-electron chi connectivity index (χ2n) is 4.12. The predicted octanol–water partition coefficient (Wildman–Crippen LogP) is 1.93. The molecule has 2 nitrogen and oxygen atoms in total. The predicted molar refractivity (Wildman–Crippen MR) is 60.9 cm³/mol. The number of nitrogens with zero attached hydrogens (tertiary/aromatic N) is 1. The molecule has 0 spiro atoms. The first-order valence-electron chi connectivity index (χ1n) is 5.11. The van der Waals surface area contributed by atoms with Crippen LogP contribution >= 0.6 is 12.2 Å². The highest BCUT2D eigenvalue weighted by Crippen LogP contribution is 2.24. The van der Waals surface area contributed by atoms with E-state index in [0.29, 0.717) is 11.0 Å². The number of thiocarbonyl (C=S) groups is 1. The summed E-state index contributed by atoms with van der Waals surface area (Å²) in [5.41, 5.74) is 5.53. The molecule has 1 unspecified atom stereocenters. The molecule has 1 rings (SSSR count). The van der Waals surface area contributed by atoms with Crippen molar-refractivity contribution in [3.63, 3.8) is 0 Å². The highest BCUT2D eigenvalue weighted by molar-refractivity contribution is 7.80. The van der Waals surface area contributed by atoms with Crippen LogP contribution < -0.4 is 5.73 Å². The van der Waals surface area contributed by atoms with Gasteiger partial charge in [0.15, 0.2) is 0 Å². The number of hydrogen-bond acceptors (Lipinski definition) is 2. The largest absolute Gasteiger partial charge is 0.393 e. The Balaban J connectivity index is 2.36. The number of rotatable bonds is 4. The Morgan fingerprint density at radius 1 is 1.54 bits per heavy atom. The van der Waals surface area contributed by atoms with Gasteiger partial charge in [-0.25, -0.2) is 0 Å². The summed E-state index contributed by atoms with van der Waals surface area (Å²) in [7, 11) is 2.19. The normalized spacial score (nSPS) is 20.8. The summed E-state index contributed by atoms with van der Waals surface area (Å²) in [4.78, 5) is 3.07. The summed E-state index contributed by atoms with van der Waals surface area (Å²) < 4.78 is 0. The van der Waals surface area contributed by atoms with Gasteiger partial charge in [0.05, 0.1) is 4.99 Å². The Morgan fingerprint density at radius 3 is 2.54 bits per heavy atom. The quantitative estimate of drug-likeness (QED) is 0.703. The molecule has 0 radical (unpaired) electrons. The van der Waals surface area contributed by atoms with Gasteiger partial charge < -0.3 is 10.6 Å². The molecule has 0 aromatic rings. The van der Waals surface area contributed by atoms with E-state index in [-0.39, 0.29) is 0 Å². The fraction of sp³-hybridized carbons (Fsp3) is 0.900. The second kappa shape index (κ2) is 4.91. The molecule has 3 heteroatoms. The summed E-state index contributed by atoms with van der Waals surface area (Å²) in [5, 5.41) is 0. The molecule has 2 N–H and O–H groups in total. The third kappa shape index (κ3) is 3.24. The van der Waals surface area contributed by atoms with E-state index in [0.717, 1.165) is 12.5 Å². The van der Waals surface area contributed by atoms with Gasteiger partial charge in [-0.2, -0.15) is 0 Å². The second-order valence-corrected chi connectivity index (χ2v) is 4.65. The summed E-state index contributed by atoms with van der Waals surface area (Å²) in [6.45, 7) is 2.21. The highest BCUT2D eigenvalue weighted by atomic mass is 32.1. The molecule has 0 aliphatic heterocycles. The minimum absolute atomic E-state index is 0.501. The van der Waals surface area contributed by atoms with Crippen LogP contribution in [-0.2, 0) is 0 Å². The zero-order valence-electron chi connectivity index (χ0n) is 8.62. The topological polar surface area (TPSA) is 29.3 Å². The zero-order valence-corrected chi connectivity index (χ0v) is 9.44. The molecule has 0 bridgehead atoms. The molecule has 1 atom stereocenters. The molecule has 0 amide bonds. The van der Waals surface area contributed by atoms with Crippen LogP contribution in [0.5, 0.6) is 0 Å². The molecule has 1 saturated carbocycles. The molecule has 1 aliphatic rings. The summed E-state index contributed by atoms with van der Waals surface area (Å²) in [6, 6.07) is 1.27. The van der Waals surface area contributed by atoms with Crippen molar-refractivity contribution in [3.05, 3.63) is 0 Å². The van der Waals surface area contributed by atoms with Gasteiger partial charge in [0.1, 0.15) is 0 Å². The fourth-order valence-corrected chi connectivity index (χ4v) is 2.35. The van der Waals surface area contributed by atoms with Crippen molar-refractivity contribution in [2.75, 3.05) is 7.05 Å². The third-order valence-corrected chi connectivity index (χ3v) is 3.26. The van der Waals surface area contributed by atoms with Gasteiger partial charge in [0, 0.05) is 18.5 Å². The van der Waals surface area contributed by atoms with E-state index in [9.17, 15) is 0 Å². The van der Waals surface area contributed by atoms with Crippen LogP contribution in [0.2, 0.25) is 0 Å². The average molecular weight is 200 g/mol. The van der Waals surface area contributed by atoms with Crippen molar-refractivity contribution in [2.24, 2.45) is 5.73 Å². The van der Waals surface area contributed by atoms with Gasteiger partial charge in [0.25, 0.3) is 0 Å². The summed E-state index contributed by atoms with van der Waals surface area (Å²) in [5.74, 6) is 0. The average Bonchev–Trinajstić information content (AvgIpc) is 2.53. The van der Waals surface area contributed by atoms with E-state index in [4.69, 9.17) is 18.0 Å². The maximum absolute atomic E-state index is 5.53. The molecular weight excluding hydrogens is 180 g/mol. The van der Waals surface area contributed by atoms with Crippen LogP contribution in [0.1, 0.15) is 39.0 Å². The van der Waals surface area contributed by atoms with Crippen LogP contribution in [0.4, 0.5) is 0 Å². The number of nitrogens with two attached hydrogens (primary N) is 1. The van der Waals surface area contributed by atoms with Crippen molar-refractivity contribution in [1.82, 2.24) is 4.90 Å². The Kier molecular flexibility index (Phi) is 4.13. The monoisotopic (exact) mass is 200 g/mol. The Hall–Kier alpha value is -0.150. The molecule has 0 saturated heterocycles. The molecule has 0 heterocycles. The summed E-state index contributed by atoms with van der Waals surface area (Å²) >= 11 is 4.92. The minimum atomic E-state index is 0.501. The smallest absolute Gasteiger partial charge is 0.0742 e. The number of hydrogen-bond donors (Lipinski definition) is 1. The van der Waals surface area contributed by atoms with Crippen molar-refractivity contribution in [2.45, 2.75) is 51.1 Å². The first kappa shape index (κ1) is 10.9. The lowest BCUT2D eigenvalue weighted by Crippen LogP contribution is -2.38. The van der Waals surface area contributed by atoms with E-state index in [1.807, 2.05) is 0 Å². The lowest BCUT2D eigenvalue weighted by atomic mass is 10.1. The van der Waals surface area contributed by atoms with Gasteiger partial charge in [0.2, 0.25) is 0 Å². The molecule has 1 fully saturated rings. The van der Waals surface area contributed by atoms with E-state index in [1.165, 1.54) is 25.7 Å². The van der Waals surface area contributed by atoms with Gasteiger partial charge in [-0.1, -0.05) is 25.1 Å². The lowest BCUT2D eigenvalue weighted by molar-refractivity contribution is 0.190. The zero-order chi connectivity index (χ0) is 9.84. The molecule has 0 aromatic heterocycles. The van der Waals surface area contributed by atoms with Gasteiger partial charge >= 0.3 is 0 Å². The fourth-order valence-electron chi connectivity index (χ4n) is 2.11. The first-order chi connectivity index (χ1) is 6.11. The van der Waals surface area contributed by atoms with E-state index in [1.54, 1.807) is 0 Å². The Labute approximate surface area is 86.5 Å². The first-order valence-corrected chi connectivity index (χ1v) is 5.52. The third-order valence-electron chi connectivity index (χ3n) is 3.09. The molecule has 1 aliphatic carbocycles. The Morgan fingerprint density at radius 2 is 2.08 bits per heavy atom. The van der Waals surface area contributed by atoms with Crippen molar-refractivity contribution in [3.8, 4) is 0 Å². The standard InChI is InChI=1S/C10H20N2S/c1-8(7-10(11)13)12(2)9-5-3-4-6-9/h8-9H,3-7H2,1-2H3,(H2,11,13). The van der Waals surface area contributed by atoms with Crippen molar-refractivity contribution >= 4 is 17.2 Å². The lowest BCUT2D eigenvalue weighted by Gasteiger charge is -2.30. The van der Waals surface area contributed by atoms with E-state index in [2.05, 4.69) is 18.9 Å². The van der Waals surface area contributed by atoms with Gasteiger partial charge in [-0.15, -0.1) is 0 Å².